The highest BCUT2D eigenvalue weighted by Gasteiger charge is 2.33. The molecule has 0 aliphatic carbocycles. The lowest BCUT2D eigenvalue weighted by molar-refractivity contribution is -0.116. The highest BCUT2D eigenvalue weighted by molar-refractivity contribution is 7.98. The zero-order valence-electron chi connectivity index (χ0n) is 16.4. The van der Waals surface area contributed by atoms with Gasteiger partial charge in [-0.2, -0.15) is 4.98 Å². The zero-order chi connectivity index (χ0) is 21.4. The van der Waals surface area contributed by atoms with Gasteiger partial charge >= 0.3 is 0 Å². The molecule has 1 aliphatic heterocycles. The molecule has 1 aliphatic rings. The van der Waals surface area contributed by atoms with Gasteiger partial charge in [0.15, 0.2) is 5.16 Å². The van der Waals surface area contributed by atoms with Crippen LogP contribution in [0.15, 0.2) is 52.4 Å². The average molecular weight is 427 g/mol. The molecule has 4 rings (SSSR count). The van der Waals surface area contributed by atoms with Crippen LogP contribution in [-0.2, 0) is 17.6 Å². The smallest absolute Gasteiger partial charge is 0.279 e. The van der Waals surface area contributed by atoms with Crippen LogP contribution >= 0.6 is 11.8 Å². The Morgan fingerprint density at radius 2 is 1.90 bits per heavy atom. The van der Waals surface area contributed by atoms with Crippen LogP contribution in [0.1, 0.15) is 34.6 Å². The number of hydrogen-bond acceptors (Lipinski definition) is 4. The largest absolute Gasteiger partial charge is 0.312 e. The molecule has 3 aromatic rings. The molecule has 0 radical (unpaired) electrons. The van der Waals surface area contributed by atoms with E-state index < -0.39 is 23.1 Å². The Labute approximate surface area is 176 Å². The summed E-state index contributed by atoms with van der Waals surface area (Å²) >= 11 is 1.36. The van der Waals surface area contributed by atoms with E-state index in [2.05, 4.69) is 10.3 Å². The first-order valence-electron chi connectivity index (χ1n) is 9.37. The van der Waals surface area contributed by atoms with E-state index in [4.69, 9.17) is 0 Å². The van der Waals surface area contributed by atoms with Crippen LogP contribution in [-0.4, -0.2) is 15.5 Å². The molecule has 2 aromatic carbocycles. The molecular weight excluding hydrogens is 408 g/mol. The Morgan fingerprint density at radius 1 is 1.17 bits per heavy atom. The van der Waals surface area contributed by atoms with Gasteiger partial charge in [0, 0.05) is 25.1 Å². The number of fused-ring (bicyclic) bond motifs is 1. The summed E-state index contributed by atoms with van der Waals surface area (Å²) < 4.78 is 29.7. The fourth-order valence-electron chi connectivity index (χ4n) is 3.54. The van der Waals surface area contributed by atoms with E-state index >= 15 is 0 Å². The number of rotatable bonds is 4. The van der Waals surface area contributed by atoms with Crippen LogP contribution < -0.4 is 10.9 Å². The maximum Gasteiger partial charge on any atom is 0.279 e. The first kappa shape index (κ1) is 20.3. The van der Waals surface area contributed by atoms with Crippen molar-refractivity contribution in [1.29, 1.82) is 0 Å². The van der Waals surface area contributed by atoms with Crippen LogP contribution in [0, 0.1) is 18.6 Å². The lowest BCUT2D eigenvalue weighted by Gasteiger charge is -2.27. The molecule has 0 saturated heterocycles. The van der Waals surface area contributed by atoms with Crippen LogP contribution in [0.2, 0.25) is 0 Å². The number of nitrogens with zero attached hydrogens (tertiary/aromatic N) is 2. The van der Waals surface area contributed by atoms with E-state index in [1.54, 1.807) is 11.6 Å². The third kappa shape index (κ3) is 3.87. The Hall–Kier alpha value is -3.00. The molecule has 154 valence electrons. The van der Waals surface area contributed by atoms with Crippen molar-refractivity contribution in [3.8, 4) is 0 Å². The monoisotopic (exact) mass is 427 g/mol. The van der Waals surface area contributed by atoms with Crippen molar-refractivity contribution in [3.63, 3.8) is 0 Å². The molecule has 30 heavy (non-hydrogen) atoms. The van der Waals surface area contributed by atoms with Crippen molar-refractivity contribution in [1.82, 2.24) is 9.55 Å². The predicted molar refractivity (Wildman–Crippen MR) is 112 cm³/mol. The summed E-state index contributed by atoms with van der Waals surface area (Å²) in [5.41, 5.74) is 1.82. The number of nitrogens with one attached hydrogen (secondary N) is 1. The number of benzene rings is 2. The van der Waals surface area contributed by atoms with Crippen molar-refractivity contribution >= 4 is 23.5 Å². The standard InChI is InChI=1S/C22H19F2N3O2S/c1-12-3-5-13(6-4-12)11-30-22-26-21(29)19-16(10-18(28)25-20(19)27(22)2)15-9-14(23)7-8-17(15)24/h3-9,16H,10-11H2,1-2H3,(H,25,28)/t16-/m1/s1. The number of carbonyl (C=O) groups excluding carboxylic acids is 1. The van der Waals surface area contributed by atoms with Gasteiger partial charge in [-0.3, -0.25) is 9.59 Å². The zero-order valence-corrected chi connectivity index (χ0v) is 17.2. The minimum Gasteiger partial charge on any atom is -0.312 e. The Morgan fingerprint density at radius 3 is 2.63 bits per heavy atom. The van der Waals surface area contributed by atoms with E-state index in [1.807, 2.05) is 31.2 Å². The first-order valence-corrected chi connectivity index (χ1v) is 10.4. The van der Waals surface area contributed by atoms with Crippen molar-refractivity contribution in [2.45, 2.75) is 30.2 Å². The molecule has 5 nitrogen and oxygen atoms in total. The van der Waals surface area contributed by atoms with Crippen molar-refractivity contribution in [2.24, 2.45) is 7.05 Å². The summed E-state index contributed by atoms with van der Waals surface area (Å²) in [7, 11) is 1.69. The molecule has 0 bridgehead atoms. The second-order valence-electron chi connectivity index (χ2n) is 7.27. The second-order valence-corrected chi connectivity index (χ2v) is 8.21. The van der Waals surface area contributed by atoms with Gasteiger partial charge in [0.25, 0.3) is 5.56 Å². The summed E-state index contributed by atoms with van der Waals surface area (Å²) in [6.07, 6.45) is -0.153. The van der Waals surface area contributed by atoms with Gasteiger partial charge in [-0.25, -0.2) is 8.78 Å². The van der Waals surface area contributed by atoms with Crippen molar-refractivity contribution in [2.75, 3.05) is 5.32 Å². The fourth-order valence-corrected chi connectivity index (χ4v) is 4.46. The Bertz CT molecular complexity index is 1190. The van der Waals surface area contributed by atoms with Gasteiger partial charge < -0.3 is 9.88 Å². The summed E-state index contributed by atoms with van der Waals surface area (Å²) in [6.45, 7) is 2.01. The van der Waals surface area contributed by atoms with Crippen molar-refractivity contribution < 1.29 is 13.6 Å². The maximum atomic E-state index is 14.4. The average Bonchev–Trinajstić information content (AvgIpc) is 2.72. The predicted octanol–water partition coefficient (Wildman–Crippen LogP) is 4.13. The van der Waals surface area contributed by atoms with Gasteiger partial charge in [0.05, 0.1) is 5.56 Å². The van der Waals surface area contributed by atoms with Crippen LogP contribution in [0.3, 0.4) is 0 Å². The van der Waals surface area contributed by atoms with E-state index in [-0.39, 0.29) is 29.3 Å². The minimum absolute atomic E-state index is 0.0231. The number of halogens is 2. The number of thioether (sulfide) groups is 1. The molecule has 1 amide bonds. The molecule has 0 saturated carbocycles. The van der Waals surface area contributed by atoms with Gasteiger partial charge in [-0.15, -0.1) is 0 Å². The third-order valence-electron chi connectivity index (χ3n) is 5.12. The third-order valence-corrected chi connectivity index (χ3v) is 6.22. The summed E-state index contributed by atoms with van der Waals surface area (Å²) in [5.74, 6) is -1.70. The molecule has 0 fully saturated rings. The van der Waals surface area contributed by atoms with E-state index in [1.165, 1.54) is 11.8 Å². The topological polar surface area (TPSA) is 64.0 Å². The number of aromatic nitrogens is 2. The highest BCUT2D eigenvalue weighted by Crippen LogP contribution is 2.37. The van der Waals surface area contributed by atoms with E-state index in [9.17, 15) is 18.4 Å². The molecule has 2 heterocycles. The lowest BCUT2D eigenvalue weighted by atomic mass is 9.86. The second kappa shape index (κ2) is 8.02. The number of amides is 1. The molecule has 0 unspecified atom stereocenters. The quantitative estimate of drug-likeness (QED) is 0.502. The Balaban J connectivity index is 1.74. The first-order chi connectivity index (χ1) is 14.3. The van der Waals surface area contributed by atoms with Crippen LogP contribution in [0.25, 0.3) is 0 Å². The molecular formula is C22H19F2N3O2S. The molecule has 0 spiro atoms. The van der Waals surface area contributed by atoms with E-state index in [0.717, 1.165) is 29.3 Å². The molecule has 8 heteroatoms. The molecule has 1 atom stereocenters. The van der Waals surface area contributed by atoms with Crippen molar-refractivity contribution in [3.05, 3.63) is 86.7 Å². The summed E-state index contributed by atoms with van der Waals surface area (Å²) in [5, 5.41) is 3.13. The van der Waals surface area contributed by atoms with Crippen LogP contribution in [0.4, 0.5) is 14.6 Å². The SMILES string of the molecule is Cc1ccc(CSc2nc(=O)c3c(n2C)NC(=O)C[C@@H]3c2cc(F)ccc2F)cc1. The molecule has 1 aromatic heterocycles. The summed E-state index contributed by atoms with van der Waals surface area (Å²) in [6, 6.07) is 11.1. The normalized spacial score (nSPS) is 15.6. The molecule has 1 N–H and O–H groups in total. The van der Waals surface area contributed by atoms with Crippen LogP contribution in [0.5, 0.6) is 0 Å². The summed E-state index contributed by atoms with van der Waals surface area (Å²) in [4.78, 5) is 29.4. The number of anilines is 1. The van der Waals surface area contributed by atoms with Gasteiger partial charge in [-0.05, 0) is 36.2 Å². The number of carbonyl (C=O) groups is 1. The van der Waals surface area contributed by atoms with Gasteiger partial charge in [-0.1, -0.05) is 41.6 Å². The highest BCUT2D eigenvalue weighted by atomic mass is 32.2. The minimum atomic E-state index is -0.896. The van der Waals surface area contributed by atoms with E-state index in [0.29, 0.717) is 10.9 Å². The number of hydrogen-bond donors (Lipinski definition) is 1. The number of aryl methyl sites for hydroxylation is 1. The maximum absolute atomic E-state index is 14.4. The lowest BCUT2D eigenvalue weighted by Crippen LogP contribution is -2.33. The Kier molecular flexibility index (Phi) is 5.42. The van der Waals surface area contributed by atoms with Gasteiger partial charge in [0.1, 0.15) is 17.5 Å². The fraction of sp³-hybridized carbons (Fsp3) is 0.227. The van der Waals surface area contributed by atoms with Gasteiger partial charge in [0.2, 0.25) is 5.91 Å².